The van der Waals surface area contributed by atoms with Crippen LogP contribution in [0, 0.1) is 0 Å². The molecule has 0 spiro atoms. The van der Waals surface area contributed by atoms with Crippen molar-refractivity contribution in [3.63, 3.8) is 0 Å². The third-order valence-electron chi connectivity index (χ3n) is 1.89. The molecular formula is C9H19NO2Se. The molecule has 0 saturated heterocycles. The molecular weight excluding hydrogens is 233 g/mol. The summed E-state index contributed by atoms with van der Waals surface area (Å²) in [7, 11) is 0. The Labute approximate surface area is 88.3 Å². The summed E-state index contributed by atoms with van der Waals surface area (Å²) in [5, 5.41) is 8.66. The van der Waals surface area contributed by atoms with Gasteiger partial charge in [0, 0.05) is 0 Å². The maximum atomic E-state index is 10.5. The molecule has 0 fully saturated rings. The topological polar surface area (TPSA) is 40.5 Å². The van der Waals surface area contributed by atoms with Gasteiger partial charge in [-0.2, -0.15) is 0 Å². The number of aliphatic carboxylic acids is 1. The van der Waals surface area contributed by atoms with Gasteiger partial charge in [-0.15, -0.1) is 0 Å². The molecule has 13 heavy (non-hydrogen) atoms. The molecule has 1 atom stereocenters. The van der Waals surface area contributed by atoms with Gasteiger partial charge >= 0.3 is 87.9 Å². The van der Waals surface area contributed by atoms with Gasteiger partial charge in [-0.25, -0.2) is 0 Å². The van der Waals surface area contributed by atoms with Gasteiger partial charge in [0.1, 0.15) is 0 Å². The van der Waals surface area contributed by atoms with Gasteiger partial charge in [0.15, 0.2) is 0 Å². The molecule has 0 aliphatic rings. The van der Waals surface area contributed by atoms with Gasteiger partial charge in [0.2, 0.25) is 0 Å². The van der Waals surface area contributed by atoms with E-state index in [-0.39, 0.29) is 11.4 Å². The first-order chi connectivity index (χ1) is 5.86. The third kappa shape index (κ3) is 4.65. The first-order valence-electron chi connectivity index (χ1n) is 4.53. The Hall–Kier alpha value is -0.0505. The molecule has 0 heterocycles. The van der Waals surface area contributed by atoms with E-state index >= 15 is 0 Å². The first-order valence-corrected chi connectivity index (χ1v) is 5.62. The summed E-state index contributed by atoms with van der Waals surface area (Å²) in [5.41, 5.74) is 0. The summed E-state index contributed by atoms with van der Waals surface area (Å²) in [4.78, 5) is 12.8. The van der Waals surface area contributed by atoms with Gasteiger partial charge < -0.3 is 0 Å². The second-order valence-corrected chi connectivity index (χ2v) is 4.96. The molecule has 0 saturated carbocycles. The summed E-state index contributed by atoms with van der Waals surface area (Å²) < 4.78 is 0. The van der Waals surface area contributed by atoms with Gasteiger partial charge in [-0.1, -0.05) is 0 Å². The molecule has 78 valence electrons. The predicted molar refractivity (Wildman–Crippen MR) is 55.3 cm³/mol. The number of carbonyl (C=O) groups is 1. The summed E-state index contributed by atoms with van der Waals surface area (Å²) in [6, 6.07) is 0.764. The zero-order valence-electron chi connectivity index (χ0n) is 8.69. The summed E-state index contributed by atoms with van der Waals surface area (Å²) in [6.45, 7) is 8.34. The Morgan fingerprint density at radius 1 is 1.31 bits per heavy atom. The standard InChI is InChI=1S/C9H19NO2Se/c1-6(2)10(7(3)4)8(13)5-9(11)12/h6-8,13H,5H2,1-4H3,(H,11,12). The predicted octanol–water partition coefficient (Wildman–Crippen LogP) is 0.807. The maximum absolute atomic E-state index is 10.5. The zero-order valence-corrected chi connectivity index (χ0v) is 10.6. The summed E-state index contributed by atoms with van der Waals surface area (Å²) >= 11 is 2.44. The van der Waals surface area contributed by atoms with Crippen LogP contribution < -0.4 is 0 Å². The van der Waals surface area contributed by atoms with E-state index < -0.39 is 5.97 Å². The van der Waals surface area contributed by atoms with Gasteiger partial charge in [0.25, 0.3) is 0 Å². The monoisotopic (exact) mass is 253 g/mol. The fourth-order valence-corrected chi connectivity index (χ4v) is 2.99. The van der Waals surface area contributed by atoms with Crippen molar-refractivity contribution in [2.24, 2.45) is 0 Å². The van der Waals surface area contributed by atoms with Crippen LogP contribution in [-0.4, -0.2) is 49.0 Å². The van der Waals surface area contributed by atoms with Crippen molar-refractivity contribution in [2.75, 3.05) is 0 Å². The molecule has 0 aromatic heterocycles. The van der Waals surface area contributed by atoms with Crippen molar-refractivity contribution >= 4 is 22.0 Å². The van der Waals surface area contributed by atoms with Gasteiger partial charge in [-0.05, 0) is 0 Å². The molecule has 0 bridgehead atoms. The Kier molecular flexibility index (Phi) is 5.61. The molecule has 0 radical (unpaired) electrons. The van der Waals surface area contributed by atoms with Crippen LogP contribution in [-0.2, 0) is 4.79 Å². The van der Waals surface area contributed by atoms with Gasteiger partial charge in [-0.3, -0.25) is 0 Å². The van der Waals surface area contributed by atoms with Crippen LogP contribution in [0.5, 0.6) is 0 Å². The van der Waals surface area contributed by atoms with Crippen LogP contribution in [0.15, 0.2) is 0 Å². The van der Waals surface area contributed by atoms with E-state index in [1.807, 2.05) is 0 Å². The van der Waals surface area contributed by atoms with Crippen LogP contribution >= 0.6 is 0 Å². The molecule has 0 amide bonds. The van der Waals surface area contributed by atoms with E-state index in [9.17, 15) is 4.79 Å². The van der Waals surface area contributed by atoms with Crippen molar-refractivity contribution in [3.05, 3.63) is 0 Å². The average Bonchev–Trinajstić information content (AvgIpc) is 1.81. The van der Waals surface area contributed by atoms with Crippen LogP contribution in [0.1, 0.15) is 34.1 Å². The molecule has 0 aliphatic heterocycles. The van der Waals surface area contributed by atoms with E-state index in [1.54, 1.807) is 0 Å². The minimum atomic E-state index is -0.739. The Morgan fingerprint density at radius 3 is 1.92 bits per heavy atom. The number of nitrogens with zero attached hydrogens (tertiary/aromatic N) is 1. The van der Waals surface area contributed by atoms with E-state index in [1.165, 1.54) is 0 Å². The molecule has 0 aromatic rings. The van der Waals surface area contributed by atoms with Crippen LogP contribution in [0.3, 0.4) is 0 Å². The van der Waals surface area contributed by atoms with Crippen molar-refractivity contribution in [3.8, 4) is 0 Å². The van der Waals surface area contributed by atoms with Crippen molar-refractivity contribution in [2.45, 2.75) is 51.1 Å². The molecule has 0 aromatic carbocycles. The summed E-state index contributed by atoms with van der Waals surface area (Å²) in [5.74, 6) is -0.739. The quantitative estimate of drug-likeness (QED) is 0.736. The second kappa shape index (κ2) is 5.63. The van der Waals surface area contributed by atoms with Crippen molar-refractivity contribution < 1.29 is 9.90 Å². The van der Waals surface area contributed by atoms with E-state index in [2.05, 4.69) is 48.6 Å². The Balaban J connectivity index is 4.28. The molecule has 3 nitrogen and oxygen atoms in total. The van der Waals surface area contributed by atoms with Crippen LogP contribution in [0.4, 0.5) is 0 Å². The molecule has 1 N–H and O–H groups in total. The van der Waals surface area contributed by atoms with Crippen molar-refractivity contribution in [1.29, 1.82) is 0 Å². The number of hydrogen-bond acceptors (Lipinski definition) is 2. The molecule has 0 rings (SSSR count). The molecule has 1 unspecified atom stereocenters. The molecule has 0 aliphatic carbocycles. The second-order valence-electron chi connectivity index (χ2n) is 3.71. The van der Waals surface area contributed by atoms with E-state index in [0.717, 1.165) is 0 Å². The van der Waals surface area contributed by atoms with Crippen molar-refractivity contribution in [1.82, 2.24) is 4.90 Å². The number of rotatable bonds is 5. The fourth-order valence-electron chi connectivity index (χ4n) is 1.55. The first kappa shape index (κ1) is 12.9. The summed E-state index contributed by atoms with van der Waals surface area (Å²) in [6.07, 6.45) is 0.191. The minimum absolute atomic E-state index is 0.0463. The normalized spacial score (nSPS) is 14.2. The third-order valence-corrected chi connectivity index (χ3v) is 2.84. The zero-order chi connectivity index (χ0) is 10.6. The fraction of sp³-hybridized carbons (Fsp3) is 0.889. The molecule has 4 heteroatoms. The van der Waals surface area contributed by atoms with E-state index in [0.29, 0.717) is 12.1 Å². The Bertz CT molecular complexity index is 163. The number of hydrogen-bond donors (Lipinski definition) is 1. The number of carboxylic acids is 1. The van der Waals surface area contributed by atoms with Crippen LogP contribution in [0.2, 0.25) is 0 Å². The Morgan fingerprint density at radius 2 is 1.69 bits per heavy atom. The number of carboxylic acid groups (broad SMARTS) is 1. The van der Waals surface area contributed by atoms with E-state index in [4.69, 9.17) is 5.11 Å². The van der Waals surface area contributed by atoms with Gasteiger partial charge in [0.05, 0.1) is 0 Å². The average molecular weight is 252 g/mol. The SMILES string of the molecule is CC(C)N(C(C)C)C([SeH])CC(=O)O. The van der Waals surface area contributed by atoms with Crippen LogP contribution in [0.25, 0.3) is 0 Å².